The van der Waals surface area contributed by atoms with Crippen molar-refractivity contribution in [3.8, 4) is 11.1 Å². The van der Waals surface area contributed by atoms with Crippen LogP contribution in [-0.4, -0.2) is 38.2 Å². The Hall–Kier alpha value is -3.40. The van der Waals surface area contributed by atoms with Gasteiger partial charge in [-0.05, 0) is 62.2 Å². The molecule has 0 radical (unpaired) electrons. The summed E-state index contributed by atoms with van der Waals surface area (Å²) in [6.07, 6.45) is -0.184. The summed E-state index contributed by atoms with van der Waals surface area (Å²) in [5.41, 5.74) is 1.19. The van der Waals surface area contributed by atoms with E-state index in [4.69, 9.17) is 11.6 Å². The number of fused-ring (bicyclic) bond motifs is 1. The molecule has 1 fully saturated rings. The van der Waals surface area contributed by atoms with E-state index in [2.05, 4.69) is 20.4 Å². The fourth-order valence-electron chi connectivity index (χ4n) is 4.30. The maximum absolute atomic E-state index is 13.5. The monoisotopic (exact) mass is 504 g/mol. The lowest BCUT2D eigenvalue weighted by Crippen LogP contribution is -2.47. The molecule has 1 N–H and O–H groups in total. The minimum absolute atomic E-state index is 0.278. The van der Waals surface area contributed by atoms with Gasteiger partial charge in [-0.15, -0.1) is 5.10 Å². The molecule has 0 atom stereocenters. The van der Waals surface area contributed by atoms with Crippen LogP contribution in [0, 0.1) is 5.82 Å². The Morgan fingerprint density at radius 2 is 1.83 bits per heavy atom. The highest BCUT2D eigenvalue weighted by Gasteiger charge is 2.35. The van der Waals surface area contributed by atoms with Crippen LogP contribution < -0.4 is 10.2 Å². The van der Waals surface area contributed by atoms with Gasteiger partial charge in [0.2, 0.25) is 5.95 Å². The van der Waals surface area contributed by atoms with Crippen LogP contribution in [0.5, 0.6) is 0 Å². The summed E-state index contributed by atoms with van der Waals surface area (Å²) in [6.45, 7) is 3.17. The lowest BCUT2D eigenvalue weighted by atomic mass is 9.89. The molecule has 0 amide bonds. The minimum Gasteiger partial charge on any atom is -0.371 e. The Morgan fingerprint density at radius 1 is 1.06 bits per heavy atom. The summed E-state index contributed by atoms with van der Waals surface area (Å²) in [7, 11) is 0. The smallest absolute Gasteiger partial charge is 0.371 e. The average Bonchev–Trinajstić information content (AvgIpc) is 3.21. The minimum atomic E-state index is -4.48. The van der Waals surface area contributed by atoms with E-state index in [1.54, 1.807) is 22.8 Å². The molecular weight excluding hydrogens is 484 g/mol. The van der Waals surface area contributed by atoms with Gasteiger partial charge in [0, 0.05) is 47.8 Å². The molecule has 35 heavy (non-hydrogen) atoms. The van der Waals surface area contributed by atoms with Crippen molar-refractivity contribution < 1.29 is 17.6 Å². The fraction of sp³-hybridized carbons (Fsp3) is 0.292. The molecule has 1 aromatic carbocycles. The predicted octanol–water partition coefficient (Wildman–Crippen LogP) is 6.07. The Kier molecular flexibility index (Phi) is 5.79. The van der Waals surface area contributed by atoms with Crippen LogP contribution in [0.15, 0.2) is 54.9 Å². The van der Waals surface area contributed by atoms with Crippen LogP contribution in [-0.2, 0) is 6.18 Å². The normalized spacial score (nSPS) is 16.0. The van der Waals surface area contributed by atoms with Crippen molar-refractivity contribution in [3.63, 3.8) is 0 Å². The molecule has 4 heterocycles. The summed E-state index contributed by atoms with van der Waals surface area (Å²) in [6, 6.07) is 10.5. The van der Waals surface area contributed by atoms with Gasteiger partial charge in [0.1, 0.15) is 11.5 Å². The van der Waals surface area contributed by atoms with Gasteiger partial charge < -0.3 is 10.2 Å². The molecule has 1 aliphatic rings. The third kappa shape index (κ3) is 4.75. The fourth-order valence-corrected chi connectivity index (χ4v) is 4.57. The zero-order chi connectivity index (χ0) is 24.8. The zero-order valence-corrected chi connectivity index (χ0v) is 19.4. The van der Waals surface area contributed by atoms with Crippen molar-refractivity contribution >= 4 is 28.9 Å². The summed E-state index contributed by atoms with van der Waals surface area (Å²) < 4.78 is 54.2. The number of piperidine rings is 1. The third-order valence-corrected chi connectivity index (χ3v) is 6.58. The highest BCUT2D eigenvalue weighted by atomic mass is 35.5. The van der Waals surface area contributed by atoms with E-state index in [1.165, 1.54) is 18.3 Å². The standard InChI is InChI=1S/C24H21ClF4N6/c1-23(7-11-34(12-8-23)16-6-9-30-20(14-16)24(27,28)29)32-22-31-21-18(3-2-10-35(21)33-22)17-5-4-15(26)13-19(17)25/h2-6,9-10,13-14H,7-8,11-12H2,1H3,(H,32,33). The maximum Gasteiger partial charge on any atom is 0.433 e. The van der Waals surface area contributed by atoms with Crippen molar-refractivity contribution in [2.24, 2.45) is 0 Å². The van der Waals surface area contributed by atoms with Crippen molar-refractivity contribution in [2.75, 3.05) is 23.3 Å². The number of pyridine rings is 2. The second-order valence-corrected chi connectivity index (χ2v) is 9.23. The van der Waals surface area contributed by atoms with Crippen LogP contribution in [0.25, 0.3) is 16.8 Å². The Morgan fingerprint density at radius 3 is 2.54 bits per heavy atom. The molecule has 4 aromatic rings. The molecule has 1 aliphatic heterocycles. The molecule has 0 aliphatic carbocycles. The molecule has 11 heteroatoms. The number of anilines is 2. The van der Waals surface area contributed by atoms with E-state index in [1.807, 2.05) is 24.0 Å². The zero-order valence-electron chi connectivity index (χ0n) is 18.7. The number of halogens is 5. The van der Waals surface area contributed by atoms with E-state index in [-0.39, 0.29) is 10.6 Å². The summed E-state index contributed by atoms with van der Waals surface area (Å²) in [5, 5.41) is 8.21. The summed E-state index contributed by atoms with van der Waals surface area (Å²) >= 11 is 6.26. The van der Waals surface area contributed by atoms with E-state index in [9.17, 15) is 17.6 Å². The largest absolute Gasteiger partial charge is 0.433 e. The molecule has 0 saturated carbocycles. The number of benzene rings is 1. The van der Waals surface area contributed by atoms with E-state index >= 15 is 0 Å². The van der Waals surface area contributed by atoms with Gasteiger partial charge in [0.25, 0.3) is 0 Å². The van der Waals surface area contributed by atoms with E-state index in [0.29, 0.717) is 48.8 Å². The van der Waals surface area contributed by atoms with Gasteiger partial charge in [-0.2, -0.15) is 18.2 Å². The van der Waals surface area contributed by atoms with Crippen LogP contribution in [0.4, 0.5) is 29.2 Å². The number of aromatic nitrogens is 4. The van der Waals surface area contributed by atoms with Crippen LogP contribution in [0.2, 0.25) is 5.02 Å². The Bertz CT molecular complexity index is 1380. The molecular formula is C24H21ClF4N6. The lowest BCUT2D eigenvalue weighted by molar-refractivity contribution is -0.141. The Labute approximate surface area is 203 Å². The van der Waals surface area contributed by atoms with Crippen molar-refractivity contribution in [2.45, 2.75) is 31.5 Å². The van der Waals surface area contributed by atoms with Crippen LogP contribution in [0.3, 0.4) is 0 Å². The van der Waals surface area contributed by atoms with Crippen LogP contribution in [0.1, 0.15) is 25.5 Å². The number of rotatable bonds is 4. The first-order valence-corrected chi connectivity index (χ1v) is 11.4. The number of nitrogens with one attached hydrogen (secondary N) is 1. The predicted molar refractivity (Wildman–Crippen MR) is 126 cm³/mol. The molecule has 1 saturated heterocycles. The molecule has 6 nitrogen and oxygen atoms in total. The van der Waals surface area contributed by atoms with Gasteiger partial charge in [-0.1, -0.05) is 11.6 Å². The number of alkyl halides is 3. The van der Waals surface area contributed by atoms with Crippen LogP contribution >= 0.6 is 11.6 Å². The SMILES string of the molecule is CC1(Nc2nc3c(-c4ccc(F)cc4Cl)cccn3n2)CCN(c2ccnc(C(F)(F)F)c2)CC1. The third-order valence-electron chi connectivity index (χ3n) is 6.26. The van der Waals surface area contributed by atoms with Crippen molar-refractivity contribution in [1.82, 2.24) is 19.6 Å². The van der Waals surface area contributed by atoms with Gasteiger partial charge >= 0.3 is 6.18 Å². The summed E-state index contributed by atoms with van der Waals surface area (Å²) in [4.78, 5) is 10.0. The summed E-state index contributed by atoms with van der Waals surface area (Å²) in [5.74, 6) is 0.00471. The molecule has 182 valence electrons. The molecule has 0 unspecified atom stereocenters. The van der Waals surface area contributed by atoms with E-state index in [0.717, 1.165) is 11.6 Å². The van der Waals surface area contributed by atoms with Crippen molar-refractivity contribution in [1.29, 1.82) is 0 Å². The first-order chi connectivity index (χ1) is 16.6. The molecule has 3 aromatic heterocycles. The molecule has 5 rings (SSSR count). The highest BCUT2D eigenvalue weighted by molar-refractivity contribution is 6.33. The number of hydrogen-bond donors (Lipinski definition) is 1. The number of hydrogen-bond acceptors (Lipinski definition) is 5. The average molecular weight is 505 g/mol. The van der Waals surface area contributed by atoms with Gasteiger partial charge in [-0.25, -0.2) is 8.91 Å². The van der Waals surface area contributed by atoms with Gasteiger partial charge in [0.15, 0.2) is 5.65 Å². The second-order valence-electron chi connectivity index (χ2n) is 8.82. The highest BCUT2D eigenvalue weighted by Crippen LogP contribution is 2.34. The molecule has 0 bridgehead atoms. The van der Waals surface area contributed by atoms with Crippen molar-refractivity contribution in [3.05, 3.63) is 71.4 Å². The Balaban J connectivity index is 1.34. The van der Waals surface area contributed by atoms with E-state index < -0.39 is 17.7 Å². The topological polar surface area (TPSA) is 58.4 Å². The second kappa shape index (κ2) is 8.67. The van der Waals surface area contributed by atoms with Gasteiger partial charge in [-0.3, -0.25) is 4.98 Å². The molecule has 0 spiro atoms. The lowest BCUT2D eigenvalue weighted by Gasteiger charge is -2.40. The maximum atomic E-state index is 13.5. The first-order valence-electron chi connectivity index (χ1n) is 11.0. The van der Waals surface area contributed by atoms with Gasteiger partial charge in [0.05, 0.1) is 5.02 Å². The number of nitrogens with zero attached hydrogens (tertiary/aromatic N) is 5. The quantitative estimate of drug-likeness (QED) is 0.342. The first kappa shape index (κ1) is 23.3.